The Labute approximate surface area is 176 Å². The van der Waals surface area contributed by atoms with Crippen molar-refractivity contribution in [2.75, 3.05) is 31.3 Å². The molecule has 0 radical (unpaired) electrons. The van der Waals surface area contributed by atoms with Crippen molar-refractivity contribution < 1.29 is 22.9 Å². The van der Waals surface area contributed by atoms with Crippen molar-refractivity contribution in [3.63, 3.8) is 0 Å². The van der Waals surface area contributed by atoms with Crippen molar-refractivity contribution in [2.45, 2.75) is 19.4 Å². The summed E-state index contributed by atoms with van der Waals surface area (Å²) in [6.07, 6.45) is 1.39. The lowest BCUT2D eigenvalue weighted by atomic mass is 10.2. The molecule has 0 bridgehead atoms. The van der Waals surface area contributed by atoms with Gasteiger partial charge in [0.05, 0.1) is 18.3 Å². The van der Waals surface area contributed by atoms with Gasteiger partial charge < -0.3 is 9.64 Å². The maximum atomic E-state index is 12.4. The summed E-state index contributed by atoms with van der Waals surface area (Å²) in [5.74, 6) is 0.0665. The van der Waals surface area contributed by atoms with E-state index in [0.29, 0.717) is 6.54 Å². The average molecular weight is 436 g/mol. The van der Waals surface area contributed by atoms with E-state index in [9.17, 15) is 23.3 Å². The zero-order valence-electron chi connectivity index (χ0n) is 17.1. The number of hydrogen-bond acceptors (Lipinski definition) is 6. The Kier molecular flexibility index (Phi) is 7.76. The standard InChI is InChI=1S/C20H25N3O6S/c1-21(15-16-8-5-4-6-9-16)20(24)10-7-13-22(30(3,27)28)18-14-17(23(25)26)11-12-19(18)29-2/h4-6,8-9,11-12,14H,7,10,13,15H2,1-3H3. The van der Waals surface area contributed by atoms with Crippen molar-refractivity contribution in [3.8, 4) is 5.75 Å². The summed E-state index contributed by atoms with van der Waals surface area (Å²) in [5, 5.41) is 11.1. The Morgan fingerprint density at radius 3 is 2.40 bits per heavy atom. The second-order valence-corrected chi connectivity index (χ2v) is 8.69. The Morgan fingerprint density at radius 2 is 1.83 bits per heavy atom. The molecular weight excluding hydrogens is 410 g/mol. The molecule has 0 atom stereocenters. The van der Waals surface area contributed by atoms with Crippen molar-refractivity contribution in [3.05, 3.63) is 64.2 Å². The van der Waals surface area contributed by atoms with Crippen LogP contribution in [0.5, 0.6) is 5.75 Å². The second kappa shape index (κ2) is 10.1. The normalized spacial score (nSPS) is 11.0. The molecule has 0 fully saturated rings. The number of sulfonamides is 1. The average Bonchev–Trinajstić information content (AvgIpc) is 2.70. The molecule has 0 aliphatic rings. The van der Waals surface area contributed by atoms with Crippen LogP contribution in [0.4, 0.5) is 11.4 Å². The highest BCUT2D eigenvalue weighted by Gasteiger charge is 2.24. The lowest BCUT2D eigenvalue weighted by molar-refractivity contribution is -0.384. The minimum Gasteiger partial charge on any atom is -0.495 e. The van der Waals surface area contributed by atoms with E-state index in [-0.39, 0.29) is 42.4 Å². The molecule has 0 saturated heterocycles. The summed E-state index contributed by atoms with van der Waals surface area (Å²) < 4.78 is 30.9. The number of methoxy groups -OCH3 is 1. The molecule has 30 heavy (non-hydrogen) atoms. The van der Waals surface area contributed by atoms with Gasteiger partial charge in [0.25, 0.3) is 5.69 Å². The number of nitro groups is 1. The molecule has 0 heterocycles. The first-order valence-corrected chi connectivity index (χ1v) is 11.1. The molecule has 2 rings (SSSR count). The Bertz CT molecular complexity index is 995. The minimum absolute atomic E-state index is 0.0126. The lowest BCUT2D eigenvalue weighted by Crippen LogP contribution is -2.32. The zero-order chi connectivity index (χ0) is 22.3. The fourth-order valence-corrected chi connectivity index (χ4v) is 3.92. The summed E-state index contributed by atoms with van der Waals surface area (Å²) in [4.78, 5) is 24.5. The third-order valence-electron chi connectivity index (χ3n) is 4.48. The molecule has 2 aromatic rings. The van der Waals surface area contributed by atoms with Crippen molar-refractivity contribution in [1.29, 1.82) is 0 Å². The first-order chi connectivity index (χ1) is 14.1. The zero-order valence-corrected chi connectivity index (χ0v) is 18.0. The van der Waals surface area contributed by atoms with Gasteiger partial charge in [-0.15, -0.1) is 0 Å². The monoisotopic (exact) mass is 435 g/mol. The fourth-order valence-electron chi connectivity index (χ4n) is 2.96. The Hall–Kier alpha value is -3.14. The van der Waals surface area contributed by atoms with Crippen LogP contribution < -0.4 is 9.04 Å². The van der Waals surface area contributed by atoms with E-state index in [2.05, 4.69) is 0 Å². The van der Waals surface area contributed by atoms with Gasteiger partial charge in [0, 0.05) is 38.7 Å². The number of anilines is 1. The first kappa shape index (κ1) is 23.1. The number of carbonyl (C=O) groups excluding carboxylic acids is 1. The predicted molar refractivity (Wildman–Crippen MR) is 114 cm³/mol. The van der Waals surface area contributed by atoms with Gasteiger partial charge in [-0.05, 0) is 18.1 Å². The Balaban J connectivity index is 2.10. The van der Waals surface area contributed by atoms with Gasteiger partial charge >= 0.3 is 0 Å². The maximum Gasteiger partial charge on any atom is 0.271 e. The SMILES string of the molecule is COc1ccc([N+](=O)[O-])cc1N(CCCC(=O)N(C)Cc1ccccc1)S(C)(=O)=O. The van der Waals surface area contributed by atoms with Crippen LogP contribution in [0.15, 0.2) is 48.5 Å². The summed E-state index contributed by atoms with van der Waals surface area (Å²) in [6, 6.07) is 13.3. The van der Waals surface area contributed by atoms with Crippen LogP contribution in [0.3, 0.4) is 0 Å². The number of amides is 1. The van der Waals surface area contributed by atoms with Crippen molar-refractivity contribution in [1.82, 2.24) is 4.90 Å². The Morgan fingerprint density at radius 1 is 1.17 bits per heavy atom. The molecule has 0 unspecified atom stereocenters. The number of nitrogens with zero attached hydrogens (tertiary/aromatic N) is 3. The molecular formula is C20H25N3O6S. The maximum absolute atomic E-state index is 12.4. The number of carbonyl (C=O) groups is 1. The summed E-state index contributed by atoms with van der Waals surface area (Å²) in [5.41, 5.74) is 0.810. The topological polar surface area (TPSA) is 110 Å². The molecule has 2 aromatic carbocycles. The highest BCUT2D eigenvalue weighted by molar-refractivity contribution is 7.92. The van der Waals surface area contributed by atoms with Crippen LogP contribution in [0, 0.1) is 10.1 Å². The smallest absolute Gasteiger partial charge is 0.271 e. The molecule has 0 spiro atoms. The minimum atomic E-state index is -3.75. The third kappa shape index (κ3) is 6.18. The largest absolute Gasteiger partial charge is 0.495 e. The van der Waals surface area contributed by atoms with E-state index >= 15 is 0 Å². The van der Waals surface area contributed by atoms with Crippen LogP contribution in [-0.4, -0.2) is 51.1 Å². The van der Waals surface area contributed by atoms with Crippen LogP contribution >= 0.6 is 0 Å². The fraction of sp³-hybridized carbons (Fsp3) is 0.350. The lowest BCUT2D eigenvalue weighted by Gasteiger charge is -2.24. The van der Waals surface area contributed by atoms with E-state index in [1.165, 1.54) is 19.2 Å². The molecule has 9 nitrogen and oxygen atoms in total. The molecule has 0 N–H and O–H groups in total. The van der Waals surface area contributed by atoms with E-state index < -0.39 is 14.9 Å². The molecule has 0 saturated carbocycles. The molecule has 0 aliphatic heterocycles. The van der Waals surface area contributed by atoms with Crippen molar-refractivity contribution >= 4 is 27.3 Å². The van der Waals surface area contributed by atoms with Crippen LogP contribution in [-0.2, 0) is 21.4 Å². The number of hydrogen-bond donors (Lipinski definition) is 0. The van der Waals surface area contributed by atoms with Gasteiger partial charge in [-0.3, -0.25) is 19.2 Å². The molecule has 162 valence electrons. The summed E-state index contributed by atoms with van der Waals surface area (Å²) >= 11 is 0. The molecule has 0 aliphatic carbocycles. The number of nitro benzene ring substituents is 1. The number of rotatable bonds is 10. The third-order valence-corrected chi connectivity index (χ3v) is 5.66. The highest BCUT2D eigenvalue weighted by Crippen LogP contribution is 2.33. The highest BCUT2D eigenvalue weighted by atomic mass is 32.2. The van der Waals surface area contributed by atoms with Gasteiger partial charge in [0.15, 0.2) is 0 Å². The van der Waals surface area contributed by atoms with Gasteiger partial charge in [0.2, 0.25) is 15.9 Å². The predicted octanol–water partition coefficient (Wildman–Crippen LogP) is 2.81. The van der Waals surface area contributed by atoms with Gasteiger partial charge in [-0.1, -0.05) is 30.3 Å². The number of benzene rings is 2. The quantitative estimate of drug-likeness (QED) is 0.419. The van der Waals surface area contributed by atoms with Crippen LogP contribution in [0.25, 0.3) is 0 Å². The number of ether oxygens (including phenoxy) is 1. The van der Waals surface area contributed by atoms with Crippen molar-refractivity contribution in [2.24, 2.45) is 0 Å². The summed E-state index contributed by atoms with van der Waals surface area (Å²) in [6.45, 7) is 0.440. The van der Waals surface area contributed by atoms with E-state index in [0.717, 1.165) is 22.2 Å². The summed E-state index contributed by atoms with van der Waals surface area (Å²) in [7, 11) is -0.712. The van der Waals surface area contributed by atoms with Gasteiger partial charge in [0.1, 0.15) is 11.4 Å². The van der Waals surface area contributed by atoms with Crippen LogP contribution in [0.1, 0.15) is 18.4 Å². The number of non-ortho nitro benzene ring substituents is 1. The second-order valence-electron chi connectivity index (χ2n) is 6.79. The molecule has 10 heteroatoms. The van der Waals surface area contributed by atoms with Gasteiger partial charge in [-0.2, -0.15) is 0 Å². The van der Waals surface area contributed by atoms with Crippen LogP contribution in [0.2, 0.25) is 0 Å². The molecule has 0 aromatic heterocycles. The molecule has 1 amide bonds. The van der Waals surface area contributed by atoms with E-state index in [1.807, 2.05) is 30.3 Å². The van der Waals surface area contributed by atoms with E-state index in [4.69, 9.17) is 4.74 Å². The van der Waals surface area contributed by atoms with Gasteiger partial charge in [-0.25, -0.2) is 8.42 Å². The first-order valence-electron chi connectivity index (χ1n) is 9.21. The van der Waals surface area contributed by atoms with E-state index in [1.54, 1.807) is 11.9 Å².